The zero-order valence-electron chi connectivity index (χ0n) is 15.0. The summed E-state index contributed by atoms with van der Waals surface area (Å²) in [6.07, 6.45) is -4.23. The number of rotatable bonds is 6. The van der Waals surface area contributed by atoms with Crippen LogP contribution < -0.4 is 15.8 Å². The lowest BCUT2D eigenvalue weighted by Gasteiger charge is -2.14. The maximum absolute atomic E-state index is 12.5. The van der Waals surface area contributed by atoms with Gasteiger partial charge >= 0.3 is 6.36 Å². The van der Waals surface area contributed by atoms with Crippen molar-refractivity contribution in [1.29, 1.82) is 0 Å². The van der Waals surface area contributed by atoms with E-state index in [-0.39, 0.29) is 41.4 Å². The molecular formula is C19H18F3IN4OS. The summed E-state index contributed by atoms with van der Waals surface area (Å²) in [4.78, 5) is 8.70. The largest absolute Gasteiger partial charge is 0.573 e. The van der Waals surface area contributed by atoms with Crippen LogP contribution in [-0.2, 0) is 6.42 Å². The Hall–Kier alpha value is -2.34. The second-order valence-electron chi connectivity index (χ2n) is 5.70. The van der Waals surface area contributed by atoms with Crippen LogP contribution in [0.4, 0.5) is 18.9 Å². The van der Waals surface area contributed by atoms with Crippen molar-refractivity contribution in [3.05, 3.63) is 65.7 Å². The molecular weight excluding hydrogens is 516 g/mol. The third-order valence-electron chi connectivity index (χ3n) is 3.60. The zero-order valence-corrected chi connectivity index (χ0v) is 18.2. The first-order valence-electron chi connectivity index (χ1n) is 8.32. The fourth-order valence-corrected chi connectivity index (χ4v) is 3.25. The van der Waals surface area contributed by atoms with Crippen molar-refractivity contribution in [2.75, 3.05) is 11.9 Å². The van der Waals surface area contributed by atoms with Gasteiger partial charge in [0, 0.05) is 23.9 Å². The number of guanidine groups is 1. The third-order valence-corrected chi connectivity index (χ3v) is 4.54. The summed E-state index contributed by atoms with van der Waals surface area (Å²) in [7, 11) is 0. The predicted molar refractivity (Wildman–Crippen MR) is 120 cm³/mol. The minimum atomic E-state index is -4.79. The molecule has 2 aromatic carbocycles. The normalized spacial score (nSPS) is 11.6. The molecule has 0 fully saturated rings. The van der Waals surface area contributed by atoms with Gasteiger partial charge in [0.2, 0.25) is 0 Å². The highest BCUT2D eigenvalue weighted by Crippen LogP contribution is 2.29. The molecule has 3 rings (SSSR count). The lowest BCUT2D eigenvalue weighted by molar-refractivity contribution is -0.274. The molecule has 3 N–H and O–H groups in total. The fourth-order valence-electron chi connectivity index (χ4n) is 2.39. The number of benzene rings is 2. The first-order chi connectivity index (χ1) is 13.4. The Morgan fingerprint density at radius 3 is 2.52 bits per heavy atom. The molecule has 0 saturated heterocycles. The van der Waals surface area contributed by atoms with E-state index in [1.54, 1.807) is 17.4 Å². The summed E-state index contributed by atoms with van der Waals surface area (Å²) in [6.45, 7) is 0.346. The van der Waals surface area contributed by atoms with E-state index in [0.29, 0.717) is 13.0 Å². The summed E-state index contributed by atoms with van der Waals surface area (Å²) < 4.78 is 41.3. The third kappa shape index (κ3) is 7.20. The Balaban J connectivity index is 0.00000300. The molecule has 154 valence electrons. The second kappa shape index (κ2) is 10.4. The predicted octanol–water partition coefficient (Wildman–Crippen LogP) is 5.30. The van der Waals surface area contributed by atoms with E-state index in [9.17, 15) is 13.2 Å². The van der Waals surface area contributed by atoms with E-state index in [1.807, 2.05) is 35.7 Å². The van der Waals surface area contributed by atoms with E-state index in [2.05, 4.69) is 20.0 Å². The maximum Gasteiger partial charge on any atom is 0.573 e. The Morgan fingerprint density at radius 2 is 1.79 bits per heavy atom. The molecule has 0 aliphatic carbocycles. The highest BCUT2D eigenvalue weighted by atomic mass is 127. The number of para-hydroxylation sites is 2. The van der Waals surface area contributed by atoms with Crippen molar-refractivity contribution < 1.29 is 17.9 Å². The summed E-state index contributed by atoms with van der Waals surface area (Å²) in [5, 5.41) is 5.51. The Labute approximate surface area is 186 Å². The topological polar surface area (TPSA) is 72.5 Å². The van der Waals surface area contributed by atoms with Gasteiger partial charge in [0.05, 0.1) is 11.4 Å². The van der Waals surface area contributed by atoms with Crippen LogP contribution in [0, 0.1) is 0 Å². The molecule has 0 unspecified atom stereocenters. The van der Waals surface area contributed by atoms with E-state index in [4.69, 9.17) is 5.73 Å². The number of aliphatic imine (C=N–C) groups is 1. The SMILES string of the molecule is I.NC(=NCCc1csc(-c2ccccc2)n1)Nc1ccccc1OC(F)(F)F. The summed E-state index contributed by atoms with van der Waals surface area (Å²) in [6, 6.07) is 15.5. The van der Waals surface area contributed by atoms with Crippen molar-refractivity contribution in [3.63, 3.8) is 0 Å². The lowest BCUT2D eigenvalue weighted by Crippen LogP contribution is -2.24. The number of aromatic nitrogens is 1. The van der Waals surface area contributed by atoms with Crippen LogP contribution in [0.25, 0.3) is 10.6 Å². The van der Waals surface area contributed by atoms with Crippen molar-refractivity contribution in [2.45, 2.75) is 12.8 Å². The van der Waals surface area contributed by atoms with Crippen LogP contribution >= 0.6 is 35.3 Å². The molecule has 5 nitrogen and oxygen atoms in total. The molecule has 0 aliphatic rings. The molecule has 1 heterocycles. The number of nitrogens with zero attached hydrogens (tertiary/aromatic N) is 2. The van der Waals surface area contributed by atoms with Gasteiger partial charge in [-0.15, -0.1) is 48.5 Å². The number of nitrogens with two attached hydrogens (primary N) is 1. The number of alkyl halides is 3. The van der Waals surface area contributed by atoms with Crippen molar-refractivity contribution in [2.24, 2.45) is 10.7 Å². The van der Waals surface area contributed by atoms with Crippen molar-refractivity contribution in [1.82, 2.24) is 4.98 Å². The summed E-state index contributed by atoms with van der Waals surface area (Å²) in [5.74, 6) is -0.378. The Bertz CT molecular complexity index is 948. The minimum absolute atomic E-state index is 0. The second-order valence-corrected chi connectivity index (χ2v) is 6.55. The van der Waals surface area contributed by atoms with Gasteiger partial charge in [0.15, 0.2) is 11.7 Å². The summed E-state index contributed by atoms with van der Waals surface area (Å²) >= 11 is 1.54. The smallest absolute Gasteiger partial charge is 0.404 e. The van der Waals surface area contributed by atoms with Crippen LogP contribution in [0.2, 0.25) is 0 Å². The van der Waals surface area contributed by atoms with Gasteiger partial charge in [-0.3, -0.25) is 4.99 Å². The first-order valence-corrected chi connectivity index (χ1v) is 9.20. The zero-order chi connectivity index (χ0) is 20.0. The average molecular weight is 534 g/mol. The Kier molecular flexibility index (Phi) is 8.26. The van der Waals surface area contributed by atoms with Gasteiger partial charge in [0.1, 0.15) is 5.01 Å². The highest BCUT2D eigenvalue weighted by molar-refractivity contribution is 14.0. The number of hydrogen-bond acceptors (Lipinski definition) is 4. The van der Waals surface area contributed by atoms with E-state index >= 15 is 0 Å². The van der Waals surface area contributed by atoms with Gasteiger partial charge in [-0.25, -0.2) is 4.98 Å². The van der Waals surface area contributed by atoms with Crippen molar-refractivity contribution >= 4 is 47.0 Å². The van der Waals surface area contributed by atoms with E-state index in [0.717, 1.165) is 16.3 Å². The molecule has 29 heavy (non-hydrogen) atoms. The number of anilines is 1. The quantitative estimate of drug-likeness (QED) is 0.256. The van der Waals surface area contributed by atoms with Gasteiger partial charge in [-0.05, 0) is 12.1 Å². The molecule has 10 heteroatoms. The molecule has 0 saturated carbocycles. The van der Waals surface area contributed by atoms with E-state index in [1.165, 1.54) is 18.2 Å². The number of thiazole rings is 1. The average Bonchev–Trinajstić information content (AvgIpc) is 3.12. The number of nitrogens with one attached hydrogen (secondary N) is 1. The van der Waals surface area contributed by atoms with Crippen molar-refractivity contribution in [3.8, 4) is 16.3 Å². The van der Waals surface area contributed by atoms with Crippen LogP contribution in [0.3, 0.4) is 0 Å². The van der Waals surface area contributed by atoms with Crippen LogP contribution in [0.15, 0.2) is 65.0 Å². The van der Waals surface area contributed by atoms with Gasteiger partial charge in [-0.2, -0.15) is 0 Å². The number of ether oxygens (including phenoxy) is 1. The molecule has 0 spiro atoms. The molecule has 1 aromatic heterocycles. The first kappa shape index (κ1) is 22.9. The number of hydrogen-bond donors (Lipinski definition) is 2. The van der Waals surface area contributed by atoms with Crippen LogP contribution in [0.1, 0.15) is 5.69 Å². The van der Waals surface area contributed by atoms with Gasteiger partial charge < -0.3 is 15.8 Å². The standard InChI is InChI=1S/C19H17F3N4OS.HI/c20-19(21,22)27-16-9-5-4-8-15(16)26-18(23)24-11-10-14-12-28-17(25-14)13-6-2-1-3-7-13;/h1-9,12H,10-11H2,(H3,23,24,26);1H. The van der Waals surface area contributed by atoms with Gasteiger partial charge in [0.25, 0.3) is 0 Å². The molecule has 3 aromatic rings. The fraction of sp³-hybridized carbons (Fsp3) is 0.158. The Morgan fingerprint density at radius 1 is 1.10 bits per heavy atom. The van der Waals surface area contributed by atoms with Crippen LogP contribution in [-0.4, -0.2) is 23.9 Å². The minimum Gasteiger partial charge on any atom is -0.404 e. The molecule has 0 atom stereocenters. The van der Waals surface area contributed by atoms with Crippen LogP contribution in [0.5, 0.6) is 5.75 Å². The lowest BCUT2D eigenvalue weighted by atomic mass is 10.2. The van der Waals surface area contributed by atoms with E-state index < -0.39 is 6.36 Å². The number of halogens is 4. The summed E-state index contributed by atoms with van der Waals surface area (Å²) in [5.41, 5.74) is 7.79. The maximum atomic E-state index is 12.5. The molecule has 0 aliphatic heterocycles. The van der Waals surface area contributed by atoms with Gasteiger partial charge in [-0.1, -0.05) is 42.5 Å². The molecule has 0 bridgehead atoms. The molecule has 0 radical (unpaired) electrons. The monoisotopic (exact) mass is 534 g/mol. The molecule has 0 amide bonds. The highest BCUT2D eigenvalue weighted by Gasteiger charge is 2.32.